The molecule has 0 saturated heterocycles. The Hall–Kier alpha value is -1.15. The van der Waals surface area contributed by atoms with Crippen LogP contribution < -0.4 is 0 Å². The van der Waals surface area contributed by atoms with E-state index in [1.807, 2.05) is 19.9 Å². The lowest BCUT2D eigenvalue weighted by Gasteiger charge is -2.10. The standard InChI is InChI=1S/C11H15NO/c1-8(2)4-11(13)10-5-9(3)6-12-7-10/h5-7,11,13H,1,4H2,2-3H3. The van der Waals surface area contributed by atoms with Crippen LogP contribution in [0.15, 0.2) is 30.6 Å². The van der Waals surface area contributed by atoms with Crippen LogP contribution in [0.3, 0.4) is 0 Å². The molecule has 0 fully saturated rings. The summed E-state index contributed by atoms with van der Waals surface area (Å²) in [5.74, 6) is 0. The van der Waals surface area contributed by atoms with E-state index in [4.69, 9.17) is 0 Å². The van der Waals surface area contributed by atoms with E-state index >= 15 is 0 Å². The first kappa shape index (κ1) is 9.93. The van der Waals surface area contributed by atoms with Crippen LogP contribution in [-0.4, -0.2) is 10.1 Å². The van der Waals surface area contributed by atoms with Gasteiger partial charge in [0.05, 0.1) is 6.10 Å². The van der Waals surface area contributed by atoms with Gasteiger partial charge in [0.2, 0.25) is 0 Å². The molecule has 0 saturated carbocycles. The maximum atomic E-state index is 9.71. The zero-order valence-electron chi connectivity index (χ0n) is 8.12. The van der Waals surface area contributed by atoms with Gasteiger partial charge in [0.1, 0.15) is 0 Å². The Morgan fingerprint density at radius 1 is 1.62 bits per heavy atom. The molecular weight excluding hydrogens is 162 g/mol. The fraction of sp³-hybridized carbons (Fsp3) is 0.364. The fourth-order valence-electron chi connectivity index (χ4n) is 1.21. The van der Waals surface area contributed by atoms with E-state index in [2.05, 4.69) is 11.6 Å². The summed E-state index contributed by atoms with van der Waals surface area (Å²) in [6.07, 6.45) is 3.60. The molecule has 70 valence electrons. The molecule has 0 amide bonds. The number of aromatic nitrogens is 1. The second-order valence-electron chi connectivity index (χ2n) is 3.47. The fourth-order valence-corrected chi connectivity index (χ4v) is 1.21. The van der Waals surface area contributed by atoms with Gasteiger partial charge < -0.3 is 5.11 Å². The number of pyridine rings is 1. The van der Waals surface area contributed by atoms with Crippen molar-refractivity contribution in [2.24, 2.45) is 0 Å². The number of hydrogen-bond donors (Lipinski definition) is 1. The lowest BCUT2D eigenvalue weighted by atomic mass is 10.0. The van der Waals surface area contributed by atoms with Gasteiger partial charge in [-0.2, -0.15) is 0 Å². The average molecular weight is 177 g/mol. The minimum absolute atomic E-state index is 0.468. The Morgan fingerprint density at radius 2 is 2.31 bits per heavy atom. The maximum Gasteiger partial charge on any atom is 0.0841 e. The van der Waals surface area contributed by atoms with Crippen molar-refractivity contribution in [2.45, 2.75) is 26.4 Å². The highest BCUT2D eigenvalue weighted by Crippen LogP contribution is 2.19. The Balaban J connectivity index is 2.76. The highest BCUT2D eigenvalue weighted by atomic mass is 16.3. The van der Waals surface area contributed by atoms with Crippen molar-refractivity contribution in [3.63, 3.8) is 0 Å². The molecule has 1 heterocycles. The zero-order chi connectivity index (χ0) is 9.84. The summed E-state index contributed by atoms with van der Waals surface area (Å²) in [6, 6.07) is 1.95. The smallest absolute Gasteiger partial charge is 0.0841 e. The molecule has 1 N–H and O–H groups in total. The number of nitrogens with zero attached hydrogens (tertiary/aromatic N) is 1. The molecule has 2 nitrogen and oxygen atoms in total. The normalized spacial score (nSPS) is 12.5. The summed E-state index contributed by atoms with van der Waals surface area (Å²) in [5, 5.41) is 9.71. The molecule has 1 rings (SSSR count). The highest BCUT2D eigenvalue weighted by molar-refractivity contribution is 5.19. The number of hydrogen-bond acceptors (Lipinski definition) is 2. The zero-order valence-corrected chi connectivity index (χ0v) is 8.12. The van der Waals surface area contributed by atoms with Crippen LogP contribution in [0.25, 0.3) is 0 Å². The van der Waals surface area contributed by atoms with Gasteiger partial charge in [-0.3, -0.25) is 4.98 Å². The Kier molecular flexibility index (Phi) is 3.20. The van der Waals surface area contributed by atoms with Crippen molar-refractivity contribution in [1.82, 2.24) is 4.98 Å². The molecular formula is C11H15NO. The van der Waals surface area contributed by atoms with E-state index in [9.17, 15) is 5.11 Å². The van der Waals surface area contributed by atoms with E-state index < -0.39 is 6.10 Å². The molecule has 0 bridgehead atoms. The van der Waals surface area contributed by atoms with E-state index in [1.165, 1.54) is 0 Å². The number of aliphatic hydroxyl groups excluding tert-OH is 1. The van der Waals surface area contributed by atoms with E-state index in [1.54, 1.807) is 12.4 Å². The minimum atomic E-state index is -0.468. The van der Waals surface area contributed by atoms with Crippen LogP contribution in [0, 0.1) is 6.92 Å². The van der Waals surface area contributed by atoms with Gasteiger partial charge in [0, 0.05) is 12.4 Å². The Morgan fingerprint density at radius 3 is 2.85 bits per heavy atom. The van der Waals surface area contributed by atoms with Crippen LogP contribution in [0.4, 0.5) is 0 Å². The van der Waals surface area contributed by atoms with E-state index in [0.29, 0.717) is 6.42 Å². The summed E-state index contributed by atoms with van der Waals surface area (Å²) < 4.78 is 0. The van der Waals surface area contributed by atoms with Crippen LogP contribution >= 0.6 is 0 Å². The largest absolute Gasteiger partial charge is 0.388 e. The third kappa shape index (κ3) is 2.99. The molecule has 1 unspecified atom stereocenters. The molecule has 1 aromatic heterocycles. The third-order valence-corrected chi connectivity index (χ3v) is 1.82. The first-order valence-corrected chi connectivity index (χ1v) is 4.33. The lowest BCUT2D eigenvalue weighted by Crippen LogP contribution is -1.98. The van der Waals surface area contributed by atoms with Gasteiger partial charge in [-0.15, -0.1) is 6.58 Å². The van der Waals surface area contributed by atoms with Gasteiger partial charge in [-0.05, 0) is 31.4 Å². The molecule has 13 heavy (non-hydrogen) atoms. The van der Waals surface area contributed by atoms with E-state index in [-0.39, 0.29) is 0 Å². The quantitative estimate of drug-likeness (QED) is 0.719. The summed E-state index contributed by atoms with van der Waals surface area (Å²) in [4.78, 5) is 4.02. The molecule has 0 aliphatic heterocycles. The minimum Gasteiger partial charge on any atom is -0.388 e. The van der Waals surface area contributed by atoms with Crippen LogP contribution in [0.1, 0.15) is 30.6 Å². The monoisotopic (exact) mass is 177 g/mol. The molecule has 1 atom stereocenters. The van der Waals surface area contributed by atoms with Gasteiger partial charge in [0.15, 0.2) is 0 Å². The number of rotatable bonds is 3. The van der Waals surface area contributed by atoms with Gasteiger partial charge >= 0.3 is 0 Å². The topological polar surface area (TPSA) is 33.1 Å². The van der Waals surface area contributed by atoms with Crippen molar-refractivity contribution < 1.29 is 5.11 Å². The Labute approximate surface area is 78.9 Å². The molecule has 0 radical (unpaired) electrons. The average Bonchev–Trinajstić information content (AvgIpc) is 2.03. The summed E-state index contributed by atoms with van der Waals surface area (Å²) in [7, 11) is 0. The molecule has 2 heteroatoms. The molecule has 0 aliphatic carbocycles. The number of aryl methyl sites for hydroxylation is 1. The van der Waals surface area contributed by atoms with Crippen molar-refractivity contribution in [1.29, 1.82) is 0 Å². The number of aliphatic hydroxyl groups is 1. The van der Waals surface area contributed by atoms with Crippen molar-refractivity contribution in [3.05, 3.63) is 41.7 Å². The van der Waals surface area contributed by atoms with Crippen LogP contribution in [0.2, 0.25) is 0 Å². The Bertz CT molecular complexity index is 307. The van der Waals surface area contributed by atoms with E-state index in [0.717, 1.165) is 16.7 Å². The van der Waals surface area contributed by atoms with Gasteiger partial charge in [-0.1, -0.05) is 11.6 Å². The second kappa shape index (κ2) is 4.19. The molecule has 0 aromatic carbocycles. The SMILES string of the molecule is C=C(C)CC(O)c1cncc(C)c1. The predicted octanol–water partition coefficient (Wildman–Crippen LogP) is 2.39. The lowest BCUT2D eigenvalue weighted by molar-refractivity contribution is 0.178. The van der Waals surface area contributed by atoms with Crippen LogP contribution in [-0.2, 0) is 0 Å². The molecule has 0 aliphatic rings. The second-order valence-corrected chi connectivity index (χ2v) is 3.47. The van der Waals surface area contributed by atoms with Gasteiger partial charge in [-0.25, -0.2) is 0 Å². The van der Waals surface area contributed by atoms with Crippen LogP contribution in [0.5, 0.6) is 0 Å². The predicted molar refractivity (Wildman–Crippen MR) is 53.4 cm³/mol. The van der Waals surface area contributed by atoms with Crippen molar-refractivity contribution in [2.75, 3.05) is 0 Å². The summed E-state index contributed by atoms with van der Waals surface area (Å²) in [5.41, 5.74) is 2.91. The van der Waals surface area contributed by atoms with Gasteiger partial charge in [0.25, 0.3) is 0 Å². The first-order chi connectivity index (χ1) is 6.09. The molecule has 1 aromatic rings. The summed E-state index contributed by atoms with van der Waals surface area (Å²) in [6.45, 7) is 7.63. The third-order valence-electron chi connectivity index (χ3n) is 1.82. The van der Waals surface area contributed by atoms with Crippen molar-refractivity contribution in [3.8, 4) is 0 Å². The van der Waals surface area contributed by atoms with Crippen molar-refractivity contribution >= 4 is 0 Å². The summed E-state index contributed by atoms with van der Waals surface area (Å²) >= 11 is 0. The first-order valence-electron chi connectivity index (χ1n) is 4.33. The maximum absolute atomic E-state index is 9.71. The molecule has 0 spiro atoms. The highest BCUT2D eigenvalue weighted by Gasteiger charge is 2.07.